The quantitative estimate of drug-likeness (QED) is 0.129. The zero-order chi connectivity index (χ0) is 41.4. The number of hydrogen-bond acceptors (Lipinski definition) is 10. The fourth-order valence-corrected chi connectivity index (χ4v) is 10.2. The predicted octanol–water partition coefficient (Wildman–Crippen LogP) is 7.87. The van der Waals surface area contributed by atoms with Gasteiger partial charge in [0.2, 0.25) is 0 Å². The van der Waals surface area contributed by atoms with Crippen molar-refractivity contribution in [1.82, 2.24) is 0 Å². The summed E-state index contributed by atoms with van der Waals surface area (Å²) in [6, 6.07) is 24.1. The first-order valence-corrected chi connectivity index (χ1v) is 20.0. The van der Waals surface area contributed by atoms with E-state index in [1.807, 2.05) is 0 Å². The van der Waals surface area contributed by atoms with Crippen molar-refractivity contribution < 1.29 is 58.8 Å². The van der Waals surface area contributed by atoms with Crippen LogP contribution in [0.5, 0.6) is 23.0 Å². The number of aryl methyl sites for hydroxylation is 4. The van der Waals surface area contributed by atoms with Gasteiger partial charge in [0.25, 0.3) is 20.2 Å². The maximum absolute atomic E-state index is 14.4. The van der Waals surface area contributed by atoms with Gasteiger partial charge in [-0.05, 0) is 133 Å². The molecule has 1 atom stereocenters. The van der Waals surface area contributed by atoms with Crippen molar-refractivity contribution in [3.63, 3.8) is 0 Å². The summed E-state index contributed by atoms with van der Waals surface area (Å²) in [6.07, 6.45) is 0. The summed E-state index contributed by atoms with van der Waals surface area (Å²) in [6.45, 7) is 6.10. The number of phenolic OH excluding ortho intramolecular Hbond substituents is 4. The van der Waals surface area contributed by atoms with Gasteiger partial charge in [-0.15, -0.1) is 0 Å². The second-order valence-corrected chi connectivity index (χ2v) is 16.8. The highest BCUT2D eigenvalue weighted by Crippen LogP contribution is 2.53. The molecule has 57 heavy (non-hydrogen) atoms. The molecule has 0 aromatic heterocycles. The average Bonchev–Trinajstić information content (AvgIpc) is 3.57. The van der Waals surface area contributed by atoms with Crippen molar-refractivity contribution in [2.45, 2.75) is 48.7 Å². The van der Waals surface area contributed by atoms with E-state index in [9.17, 15) is 50.4 Å². The third-order valence-electron chi connectivity index (χ3n) is 10.1. The molecule has 0 radical (unpaired) electrons. The first kappa shape index (κ1) is 39.4. The van der Waals surface area contributed by atoms with E-state index in [1.165, 1.54) is 69.3 Å². The SMILES string of the molecule is Cc1cc(C2(c3cc(C)c(O)c([18F])c3)OS(=O)(=O)c3ccccc32)cc([18F])c1O.Cc1cc(C2(c3cc(C)c(O)c([18F])c3)OS(=O)(=O)c3ccccc32)ccc1O. The number of aromatic hydroxyl groups is 4. The molecule has 6 aromatic carbocycles. The van der Waals surface area contributed by atoms with Crippen LogP contribution in [0, 0.1) is 45.1 Å². The van der Waals surface area contributed by atoms with E-state index in [4.69, 9.17) is 8.37 Å². The van der Waals surface area contributed by atoms with Crippen LogP contribution in [0.25, 0.3) is 0 Å². The van der Waals surface area contributed by atoms with E-state index in [0.29, 0.717) is 16.7 Å². The highest BCUT2D eigenvalue weighted by molar-refractivity contribution is 7.87. The lowest BCUT2D eigenvalue weighted by atomic mass is 9.79. The van der Waals surface area contributed by atoms with Gasteiger partial charge in [-0.1, -0.05) is 42.5 Å². The minimum Gasteiger partial charge on any atom is -0.508 e. The van der Waals surface area contributed by atoms with Gasteiger partial charge in [0.1, 0.15) is 15.5 Å². The molecule has 8 rings (SSSR count). The molecular weight excluding hydrogens is 783 g/mol. The van der Waals surface area contributed by atoms with Gasteiger partial charge in [-0.2, -0.15) is 16.8 Å². The van der Waals surface area contributed by atoms with E-state index < -0.39 is 66.1 Å². The first-order chi connectivity index (χ1) is 26.7. The Labute approximate surface area is 325 Å². The molecule has 2 heterocycles. The third kappa shape index (κ3) is 6.18. The zero-order valence-corrected chi connectivity index (χ0v) is 32.1. The van der Waals surface area contributed by atoms with Gasteiger partial charge in [0, 0.05) is 11.1 Å². The molecule has 0 bridgehead atoms. The van der Waals surface area contributed by atoms with Crippen LogP contribution in [-0.4, -0.2) is 37.3 Å². The lowest BCUT2D eigenvalue weighted by Crippen LogP contribution is -2.30. The molecular formula is C42H33F3O10S2. The van der Waals surface area contributed by atoms with E-state index >= 15 is 0 Å². The highest BCUT2D eigenvalue weighted by Gasteiger charge is 2.53. The molecule has 0 saturated heterocycles. The van der Waals surface area contributed by atoms with Crippen molar-refractivity contribution in [3.05, 3.63) is 176 Å². The molecule has 2 aliphatic rings. The third-order valence-corrected chi connectivity index (χ3v) is 12.9. The van der Waals surface area contributed by atoms with Gasteiger partial charge in [0.05, 0.1) is 0 Å². The Hall–Kier alpha value is -5.87. The maximum atomic E-state index is 14.4. The Morgan fingerprint density at radius 1 is 0.456 bits per heavy atom. The Kier molecular flexibility index (Phi) is 9.43. The predicted molar refractivity (Wildman–Crippen MR) is 200 cm³/mol. The lowest BCUT2D eigenvalue weighted by molar-refractivity contribution is 0.178. The maximum Gasteiger partial charge on any atom is 0.298 e. The van der Waals surface area contributed by atoms with Crippen molar-refractivity contribution in [1.29, 1.82) is 0 Å². The van der Waals surface area contributed by atoms with Crippen molar-refractivity contribution in [2.24, 2.45) is 0 Å². The monoisotopic (exact) mass is 815 g/mol. The highest BCUT2D eigenvalue weighted by atomic mass is 32.2. The van der Waals surface area contributed by atoms with Crippen LogP contribution < -0.4 is 0 Å². The van der Waals surface area contributed by atoms with Gasteiger partial charge in [0.15, 0.2) is 45.9 Å². The summed E-state index contributed by atoms with van der Waals surface area (Å²) in [4.78, 5) is -0.135. The second-order valence-electron chi connectivity index (χ2n) is 13.8. The number of halogens is 3. The Morgan fingerprint density at radius 3 is 1.14 bits per heavy atom. The van der Waals surface area contributed by atoms with Crippen LogP contribution in [-0.2, 0) is 39.8 Å². The summed E-state index contributed by atoms with van der Waals surface area (Å²) in [5.74, 6) is -4.44. The number of benzene rings is 6. The summed E-state index contributed by atoms with van der Waals surface area (Å²) < 4.78 is 106. The summed E-state index contributed by atoms with van der Waals surface area (Å²) in [5.41, 5.74) is -1.21. The largest absolute Gasteiger partial charge is 0.508 e. The van der Waals surface area contributed by atoms with Crippen LogP contribution in [0.15, 0.2) is 113 Å². The van der Waals surface area contributed by atoms with E-state index in [1.54, 1.807) is 43.3 Å². The number of hydrogen-bond donors (Lipinski definition) is 4. The molecule has 2 aliphatic heterocycles. The van der Waals surface area contributed by atoms with E-state index in [-0.39, 0.29) is 54.5 Å². The molecule has 0 spiro atoms. The second kappa shape index (κ2) is 13.7. The summed E-state index contributed by atoms with van der Waals surface area (Å²) in [5, 5.41) is 39.4. The molecule has 15 heteroatoms. The average molecular weight is 816 g/mol. The molecule has 0 amide bonds. The molecule has 6 aromatic rings. The van der Waals surface area contributed by atoms with E-state index in [0.717, 1.165) is 18.2 Å². The van der Waals surface area contributed by atoms with Crippen molar-refractivity contribution in [2.75, 3.05) is 0 Å². The molecule has 10 nitrogen and oxygen atoms in total. The van der Waals surface area contributed by atoms with Crippen molar-refractivity contribution >= 4 is 20.2 Å². The molecule has 294 valence electrons. The van der Waals surface area contributed by atoms with Crippen LogP contribution in [0.2, 0.25) is 0 Å². The minimum absolute atomic E-state index is 0.00753. The fourth-order valence-electron chi connectivity index (χ4n) is 7.30. The molecule has 1 unspecified atom stereocenters. The first-order valence-electron chi connectivity index (χ1n) is 17.1. The van der Waals surface area contributed by atoms with Crippen molar-refractivity contribution in [3.8, 4) is 23.0 Å². The summed E-state index contributed by atoms with van der Waals surface area (Å²) >= 11 is 0. The Bertz CT molecular complexity index is 2750. The van der Waals surface area contributed by atoms with Gasteiger partial charge >= 0.3 is 0 Å². The fraction of sp³-hybridized carbons (Fsp3) is 0.143. The van der Waals surface area contributed by atoms with Crippen LogP contribution in [0.1, 0.15) is 55.6 Å². The topological polar surface area (TPSA) is 168 Å². The smallest absolute Gasteiger partial charge is 0.298 e. The molecule has 0 saturated carbocycles. The van der Waals surface area contributed by atoms with Gasteiger partial charge in [-0.3, -0.25) is 0 Å². The van der Waals surface area contributed by atoms with Gasteiger partial charge in [-0.25, -0.2) is 21.5 Å². The summed E-state index contributed by atoms with van der Waals surface area (Å²) in [7, 11) is -8.37. The number of fused-ring (bicyclic) bond motifs is 2. The van der Waals surface area contributed by atoms with E-state index in [2.05, 4.69) is 0 Å². The zero-order valence-electron chi connectivity index (χ0n) is 30.5. The lowest BCUT2D eigenvalue weighted by Gasteiger charge is -2.30. The minimum atomic E-state index is -4.25. The molecule has 0 aliphatic carbocycles. The van der Waals surface area contributed by atoms with Crippen LogP contribution in [0.3, 0.4) is 0 Å². The van der Waals surface area contributed by atoms with Gasteiger partial charge < -0.3 is 20.4 Å². The Morgan fingerprint density at radius 2 is 0.789 bits per heavy atom. The standard InChI is InChI=1S/C21H16F2O5S.C21H17FO5S/c1-11-7-13(9-16(22)19(11)24)21(14-8-12(2)20(25)17(23)10-14)15-5-3-4-6-18(15)29(26,27)28-21;1-12-9-14(7-8-18(12)23)21(15-10-13(2)20(24)17(22)11-15)16-5-3-4-6-19(16)28(25,26)27-21/h3-10,24-25H,1-2H3;3-11,23-24H,1-2H3/i22-1,23-1;22-1. The molecule has 0 fully saturated rings. The number of rotatable bonds is 4. The number of phenols is 4. The Balaban J connectivity index is 0.000000174. The normalized spacial score (nSPS) is 18.3. The molecule has 4 N–H and O–H groups in total. The van der Waals surface area contributed by atoms with Crippen LogP contribution >= 0.6 is 0 Å². The van der Waals surface area contributed by atoms with Crippen LogP contribution in [0.4, 0.5) is 13.2 Å².